The van der Waals surface area contributed by atoms with Crippen LogP contribution in [0.2, 0.25) is 0 Å². The van der Waals surface area contributed by atoms with E-state index in [4.69, 9.17) is 18.3 Å². The third-order valence-electron chi connectivity index (χ3n) is 31.1. The number of piperidine rings is 4. The van der Waals surface area contributed by atoms with Gasteiger partial charge in [0.2, 0.25) is 11.8 Å². The Bertz CT molecular complexity index is 6360. The van der Waals surface area contributed by atoms with E-state index in [1.165, 1.54) is 108 Å². The Hall–Kier alpha value is -13.1. The van der Waals surface area contributed by atoms with Crippen LogP contribution < -0.4 is 35.6 Å². The summed E-state index contributed by atoms with van der Waals surface area (Å²) in [7, 11) is 0. The number of amides is 5. The fourth-order valence-corrected chi connectivity index (χ4v) is 21.9. The highest BCUT2D eigenvalue weighted by atomic mass is 16.6. The second-order valence-electron chi connectivity index (χ2n) is 42.6. The highest BCUT2D eigenvalue weighted by Gasteiger charge is 2.49. The van der Waals surface area contributed by atoms with Crippen LogP contribution in [0.3, 0.4) is 0 Å². The molecule has 0 radical (unpaired) electrons. The van der Waals surface area contributed by atoms with E-state index in [1.54, 1.807) is 12.1 Å². The van der Waals surface area contributed by atoms with E-state index < -0.39 is 29.4 Å². The Balaban J connectivity index is 0.000000136. The number of hydrogen-bond acceptors (Lipinski definition) is 24. The fourth-order valence-electron chi connectivity index (χ4n) is 21.9. The number of aromatic nitrogens is 3. The van der Waals surface area contributed by atoms with Gasteiger partial charge in [0, 0.05) is 141 Å². The van der Waals surface area contributed by atoms with Crippen molar-refractivity contribution >= 4 is 75.8 Å². The van der Waals surface area contributed by atoms with Gasteiger partial charge in [0.05, 0.1) is 68.6 Å². The molecule has 7 saturated heterocycles. The van der Waals surface area contributed by atoms with Crippen LogP contribution >= 0.6 is 0 Å². The van der Waals surface area contributed by atoms with Crippen molar-refractivity contribution in [3.63, 3.8) is 0 Å². The first-order valence-corrected chi connectivity index (χ1v) is 50.8. The van der Waals surface area contributed by atoms with E-state index in [1.807, 2.05) is 68.4 Å². The molecule has 0 bridgehead atoms. The molecule has 10 fully saturated rings. The van der Waals surface area contributed by atoms with Gasteiger partial charge in [0.15, 0.2) is 0 Å². The monoisotopic (exact) mass is 1900 g/mol. The van der Waals surface area contributed by atoms with Gasteiger partial charge in [-0.3, -0.25) is 29.4 Å². The molecule has 3 aliphatic carbocycles. The Morgan fingerprint density at radius 3 is 1.21 bits per heavy atom. The van der Waals surface area contributed by atoms with Crippen molar-refractivity contribution in [1.82, 2.24) is 51.0 Å². The Kier molecular flexibility index (Phi) is 28.7. The van der Waals surface area contributed by atoms with Crippen molar-refractivity contribution in [2.24, 2.45) is 35.5 Å². The number of carbonyl (C=O) groups is 6. The molecule has 5 amide bonds. The van der Waals surface area contributed by atoms with Crippen molar-refractivity contribution in [2.45, 2.75) is 201 Å². The highest BCUT2D eigenvalue weighted by molar-refractivity contribution is 6.24. The molecule has 3 aromatic heterocycles. The van der Waals surface area contributed by atoms with E-state index in [0.29, 0.717) is 47.9 Å². The number of anilines is 7. The van der Waals surface area contributed by atoms with Crippen LogP contribution in [0.15, 0.2) is 159 Å². The van der Waals surface area contributed by atoms with Crippen LogP contribution in [-0.2, 0) is 35.4 Å². The topological polar surface area (TPSA) is 323 Å². The molecule has 27 nitrogen and oxygen atoms in total. The summed E-state index contributed by atoms with van der Waals surface area (Å²) in [6.07, 6.45) is 13.6. The minimum Gasteiger partial charge on any atom is -0.444 e. The summed E-state index contributed by atoms with van der Waals surface area (Å²) in [4.78, 5) is 89.7. The van der Waals surface area contributed by atoms with Gasteiger partial charge in [0.25, 0.3) is 11.8 Å². The maximum Gasteiger partial charge on any atom is 0.410 e. The number of ether oxygens (including phenoxy) is 1. The summed E-state index contributed by atoms with van der Waals surface area (Å²) in [5.74, 6) is 3.69. The Morgan fingerprint density at radius 1 is 0.475 bits per heavy atom. The molecule has 3 N–H and O–H groups in total. The van der Waals surface area contributed by atoms with Crippen LogP contribution in [0.5, 0.6) is 0 Å². The van der Waals surface area contributed by atoms with Crippen molar-refractivity contribution < 1.29 is 47.1 Å². The molecule has 21 rings (SSSR count). The second kappa shape index (κ2) is 41.2. The molecule has 0 spiro atoms. The number of hydrogen-bond donors (Lipinski definition) is 3. The van der Waals surface area contributed by atoms with Crippen LogP contribution in [0.4, 0.5) is 44.6 Å². The third-order valence-corrected chi connectivity index (χ3v) is 31.1. The number of nitrogens with zero attached hydrogens (tertiary/aromatic N) is 14. The Labute approximate surface area is 828 Å². The number of likely N-dealkylation sites (tertiary alicyclic amines) is 3. The number of carbonyl (C=O) groups excluding carboxylic acids is 6. The van der Waals surface area contributed by atoms with Gasteiger partial charge < -0.3 is 68.0 Å². The predicted octanol–water partition coefficient (Wildman–Crippen LogP) is 19.1. The van der Waals surface area contributed by atoms with E-state index in [2.05, 4.69) is 227 Å². The number of nitriles is 3. The number of nitrogens with one attached hydrogen (secondary N) is 3. The fraction of sp³-hybridized carbons (Fsp3) is 0.474. The van der Waals surface area contributed by atoms with E-state index in [-0.39, 0.29) is 47.0 Å². The SMILES string of the molecule is CC(C)(C)OC(=O)N1CC(C=O)C1.Cc1ccc(-c2c(C)noc2C)cc1N(CC1CCN(CC2CN(c3ccc4c(c3)C(=O)N(C3CCC(=O)NC3=O)C4=O)C2)CC1)c1ccc(C2(C#N)CC2)cc1.Cc1ccc(-c2c(C)noc2C)cc1N(CC1CCN(CC2CNC2)CC1)c1ccc(C2(C#N)CC2)cc1.Cc1ccc(-c2c(C)noc2C)cc1N(CC1CCNCC1)c1ccc(C2(C#N)CC2)cc1. The average molecular weight is 1900 g/mol. The molecule has 734 valence electrons. The summed E-state index contributed by atoms with van der Waals surface area (Å²) in [6.45, 7) is 40.8. The molecular formula is C114H133N17O10. The molecule has 141 heavy (non-hydrogen) atoms. The molecular weight excluding hydrogens is 1770 g/mol. The zero-order valence-corrected chi connectivity index (χ0v) is 83.7. The van der Waals surface area contributed by atoms with Gasteiger partial charge in [-0.15, -0.1) is 0 Å². The van der Waals surface area contributed by atoms with Gasteiger partial charge in [-0.25, -0.2) is 4.79 Å². The molecule has 11 aliphatic rings. The number of fused-ring (bicyclic) bond motifs is 1. The number of rotatable bonds is 25. The van der Waals surface area contributed by atoms with Crippen molar-refractivity contribution in [2.75, 3.05) is 131 Å². The largest absolute Gasteiger partial charge is 0.444 e. The van der Waals surface area contributed by atoms with Crippen LogP contribution in [-0.4, -0.2) is 194 Å². The summed E-state index contributed by atoms with van der Waals surface area (Å²) in [5, 5.41) is 50.9. The number of aryl methyl sites for hydroxylation is 9. The minimum absolute atomic E-state index is 0.00696. The molecule has 7 aromatic carbocycles. The minimum atomic E-state index is -0.967. The molecule has 11 heterocycles. The van der Waals surface area contributed by atoms with Gasteiger partial charge in [0.1, 0.15) is 35.2 Å². The lowest BCUT2D eigenvalue weighted by molar-refractivity contribution is -0.136. The first-order valence-electron chi connectivity index (χ1n) is 50.8. The predicted molar refractivity (Wildman–Crippen MR) is 545 cm³/mol. The second-order valence-corrected chi connectivity index (χ2v) is 42.6. The van der Waals surface area contributed by atoms with E-state index in [9.17, 15) is 44.6 Å². The van der Waals surface area contributed by atoms with Gasteiger partial charge in [-0.2, -0.15) is 15.8 Å². The highest BCUT2D eigenvalue weighted by Crippen LogP contribution is 2.52. The van der Waals surface area contributed by atoms with Crippen molar-refractivity contribution in [3.8, 4) is 51.6 Å². The Morgan fingerprint density at radius 2 is 0.865 bits per heavy atom. The van der Waals surface area contributed by atoms with Crippen LogP contribution in [0, 0.1) is 132 Å². The number of aldehydes is 1. The molecule has 3 saturated carbocycles. The summed E-state index contributed by atoms with van der Waals surface area (Å²) >= 11 is 0. The summed E-state index contributed by atoms with van der Waals surface area (Å²) in [5.41, 5.74) is 23.8. The summed E-state index contributed by atoms with van der Waals surface area (Å²) in [6, 6.07) is 58.2. The lowest BCUT2D eigenvalue weighted by atomic mass is 9.92. The third kappa shape index (κ3) is 21.4. The first kappa shape index (κ1) is 98.1. The van der Waals surface area contributed by atoms with E-state index in [0.717, 1.165) is 230 Å². The van der Waals surface area contributed by atoms with Crippen LogP contribution in [0.25, 0.3) is 33.4 Å². The number of imide groups is 2. The van der Waals surface area contributed by atoms with Crippen LogP contribution in [0.1, 0.15) is 199 Å². The number of benzene rings is 7. The average Bonchev–Trinajstić information content (AvgIpc) is 1.61. The molecule has 1 atom stereocenters. The van der Waals surface area contributed by atoms with Gasteiger partial charge >= 0.3 is 6.09 Å². The normalized spacial score (nSPS) is 19.5. The van der Waals surface area contributed by atoms with Gasteiger partial charge in [-0.1, -0.05) is 88.3 Å². The quantitative estimate of drug-likeness (QED) is 0.0353. The summed E-state index contributed by atoms with van der Waals surface area (Å²) < 4.78 is 21.6. The zero-order valence-electron chi connectivity index (χ0n) is 83.7. The maximum absolute atomic E-state index is 13.4. The lowest BCUT2D eigenvalue weighted by Crippen LogP contribution is -2.54. The molecule has 27 heteroatoms. The van der Waals surface area contributed by atoms with Crippen molar-refractivity contribution in [3.05, 3.63) is 224 Å². The molecule has 1 unspecified atom stereocenters. The standard InChI is InChI=1S/C45H47N7O5.C32H39N5O.C28H32N4O.C9H15NO3/c1-27-4-5-32(41-28(2)48-57-29(41)3)20-39(27)51(34-8-6-33(7-9-34)45(26-46)16-17-45)25-30-14-18-49(19-15-30)22-31-23-50(24-31)35-10-11-36-37(21-35)44(56)52(43(36)55)38-12-13-40(53)47-42(38)54;1-22-4-5-27(31-23(2)35-38-24(31)3)16-30(22)37(29-8-6-28(7-9-29)32(21-33)12-13-32)20-25-10-14-36(15-11-25)19-26-17-34-18-26;1-19-4-5-23(27-20(2)31-33-21(27)3)16-26(19)32(17-22-10-14-30-15-11-22)25-8-6-24(7-9-25)28(18-29)12-13-28;1-9(2,3)13-8(12)10-4-7(5-10)6-11/h4-11,20-21,30-31,38H,12-19,22-25H2,1-3H3,(H,47,53,54);4-9,16,25-26,34H,10-15,17-20H2,1-3H3;4-9,16,22,30H,10-15,17H2,1-3H3;6-7H,4-5H2,1-3H3. The lowest BCUT2D eigenvalue weighted by Gasteiger charge is -2.44. The molecule has 8 aliphatic heterocycles. The van der Waals surface area contributed by atoms with E-state index >= 15 is 0 Å². The maximum atomic E-state index is 13.4. The van der Waals surface area contributed by atoms with Crippen molar-refractivity contribution in [1.29, 1.82) is 15.8 Å². The smallest absolute Gasteiger partial charge is 0.410 e. The van der Waals surface area contributed by atoms with Gasteiger partial charge in [-0.05, 0) is 352 Å². The zero-order chi connectivity index (χ0) is 98.9. The first-order chi connectivity index (χ1) is 67.9. The molecule has 10 aromatic rings.